The van der Waals surface area contributed by atoms with E-state index >= 15 is 0 Å². The fourth-order valence-electron chi connectivity index (χ4n) is 7.15. The highest BCUT2D eigenvalue weighted by molar-refractivity contribution is 6.13. The molecule has 54 heavy (non-hydrogen) atoms. The summed E-state index contributed by atoms with van der Waals surface area (Å²) in [4.78, 5) is 7.32. The van der Waals surface area contributed by atoms with Gasteiger partial charge in [-0.05, 0) is 108 Å². The monoisotopic (exact) mass is 702 g/mol. The molecular weight excluding hydrogens is 686 g/mol. The predicted molar refractivity (Wildman–Crippen MR) is 197 cm³/mol. The molecule has 8 rings (SSSR count). The zero-order valence-electron chi connectivity index (χ0n) is 27.5. The van der Waals surface area contributed by atoms with E-state index in [4.69, 9.17) is 13.1 Å². The molecule has 8 nitrogen and oxygen atoms in total. The molecule has 0 aliphatic rings. The van der Waals surface area contributed by atoms with Gasteiger partial charge in [0, 0.05) is 16.2 Å². The van der Waals surface area contributed by atoms with Crippen molar-refractivity contribution < 1.29 is 13.2 Å². The molecule has 0 N–H and O–H groups in total. The molecule has 0 unspecified atom stereocenters. The predicted octanol–water partition coefficient (Wildman–Crippen LogP) is 11.2. The van der Waals surface area contributed by atoms with E-state index < -0.39 is 11.7 Å². The normalized spacial score (nSPS) is 11.1. The fourth-order valence-corrected chi connectivity index (χ4v) is 7.15. The van der Waals surface area contributed by atoms with Gasteiger partial charge in [-0.15, -0.1) is 0 Å². The first kappa shape index (κ1) is 32.8. The number of fused-ring (bicyclic) bond motifs is 6. The molecule has 2 aromatic heterocycles. The highest BCUT2D eigenvalue weighted by Gasteiger charge is 2.35. The summed E-state index contributed by atoms with van der Waals surface area (Å²) >= 11 is 0. The third-order valence-electron chi connectivity index (χ3n) is 9.47. The summed E-state index contributed by atoms with van der Waals surface area (Å²) in [6, 6.07) is 34.7. The van der Waals surface area contributed by atoms with Crippen LogP contribution in [0, 0.1) is 58.5 Å². The number of nitrogens with zero attached hydrogens (tertiary/aromatic N) is 8. The van der Waals surface area contributed by atoms with E-state index in [1.165, 1.54) is 24.3 Å². The minimum absolute atomic E-state index is 0.0410. The summed E-state index contributed by atoms with van der Waals surface area (Å²) in [6.45, 7) is 15.9. The van der Waals surface area contributed by atoms with Gasteiger partial charge in [-0.25, -0.2) is 9.69 Å². The Kier molecular flexibility index (Phi) is 7.39. The van der Waals surface area contributed by atoms with Crippen molar-refractivity contribution in [1.29, 1.82) is 21.0 Å². The third-order valence-corrected chi connectivity index (χ3v) is 9.47. The zero-order valence-corrected chi connectivity index (χ0v) is 27.5. The lowest BCUT2D eigenvalue weighted by molar-refractivity contribution is -0.137. The Morgan fingerprint density at radius 1 is 0.481 bits per heavy atom. The molecule has 11 heteroatoms. The molecule has 0 aliphatic carbocycles. The minimum atomic E-state index is -4.87. The van der Waals surface area contributed by atoms with Crippen LogP contribution in [-0.4, -0.2) is 9.13 Å². The van der Waals surface area contributed by atoms with Crippen LogP contribution in [0.3, 0.4) is 0 Å². The molecule has 8 aromatic rings. The van der Waals surface area contributed by atoms with Crippen LogP contribution in [0.25, 0.3) is 75.8 Å². The summed E-state index contributed by atoms with van der Waals surface area (Å²) < 4.78 is 47.8. The lowest BCUT2D eigenvalue weighted by Crippen LogP contribution is -2.09. The van der Waals surface area contributed by atoms with Gasteiger partial charge in [-0.2, -0.15) is 34.2 Å². The number of hydrogen-bond acceptors (Lipinski definition) is 4. The molecule has 0 atom stereocenters. The number of nitriles is 4. The van der Waals surface area contributed by atoms with Crippen LogP contribution in [0.2, 0.25) is 0 Å². The average molecular weight is 703 g/mol. The van der Waals surface area contributed by atoms with Gasteiger partial charge in [0.2, 0.25) is 0 Å². The summed E-state index contributed by atoms with van der Waals surface area (Å²) in [5, 5.41) is 41.3. The molecule has 0 amide bonds. The molecule has 0 radical (unpaired) electrons. The number of benzene rings is 6. The third kappa shape index (κ3) is 4.95. The fraction of sp³-hybridized carbons (Fsp3) is 0.0233. The van der Waals surface area contributed by atoms with Crippen molar-refractivity contribution >= 4 is 55.0 Å². The van der Waals surface area contributed by atoms with Crippen LogP contribution in [-0.2, 0) is 6.18 Å². The molecule has 0 saturated heterocycles. The Labute approximate surface area is 304 Å². The van der Waals surface area contributed by atoms with Crippen LogP contribution in [0.4, 0.5) is 24.5 Å². The zero-order chi connectivity index (χ0) is 37.9. The van der Waals surface area contributed by atoms with Gasteiger partial charge >= 0.3 is 6.18 Å². The first-order valence-electron chi connectivity index (χ1n) is 16.0. The molecular formula is C43H17F3N8. The number of aromatic nitrogens is 2. The van der Waals surface area contributed by atoms with Crippen molar-refractivity contribution in [2.24, 2.45) is 0 Å². The van der Waals surface area contributed by atoms with Crippen LogP contribution < -0.4 is 0 Å². The molecule has 0 saturated carbocycles. The standard InChI is InChI=1S/C43H17F3N8/c1-51-28-7-12-40-34(17-28)33-15-26(22-49)6-11-39(33)54(40)42-19-36(52-2)30(29-8-3-27(23-50)16-35(29)43(44,45)46)18-41(42)53-37-9-4-24(20-47)13-31(37)32-14-25(21-48)5-10-38(32)53/h3-19H. The van der Waals surface area contributed by atoms with E-state index in [0.717, 1.165) is 6.07 Å². The van der Waals surface area contributed by atoms with Crippen LogP contribution >= 0.6 is 0 Å². The van der Waals surface area contributed by atoms with Gasteiger partial charge in [0.05, 0.1) is 98.7 Å². The molecule has 6 aromatic carbocycles. The van der Waals surface area contributed by atoms with Gasteiger partial charge in [-0.1, -0.05) is 12.1 Å². The molecule has 0 aliphatic heterocycles. The Balaban J connectivity index is 1.60. The number of alkyl halides is 3. The Bertz CT molecular complexity index is 3090. The molecule has 2 heterocycles. The Morgan fingerprint density at radius 2 is 0.907 bits per heavy atom. The van der Waals surface area contributed by atoms with Crippen LogP contribution in [0.1, 0.15) is 27.8 Å². The quantitative estimate of drug-likeness (QED) is 0.170. The smallest absolute Gasteiger partial charge is 0.309 e. The second-order valence-corrected chi connectivity index (χ2v) is 12.4. The van der Waals surface area contributed by atoms with E-state index in [-0.39, 0.29) is 22.4 Å². The van der Waals surface area contributed by atoms with Gasteiger partial charge in [0.25, 0.3) is 0 Å². The molecule has 0 fully saturated rings. The van der Waals surface area contributed by atoms with Crippen molar-refractivity contribution in [3.63, 3.8) is 0 Å². The maximum absolute atomic E-state index is 14.7. The van der Waals surface area contributed by atoms with E-state index in [1.807, 2.05) is 9.13 Å². The molecule has 250 valence electrons. The van der Waals surface area contributed by atoms with Gasteiger partial charge in [0.1, 0.15) is 0 Å². The van der Waals surface area contributed by atoms with Crippen molar-refractivity contribution in [3.05, 3.63) is 154 Å². The second-order valence-electron chi connectivity index (χ2n) is 12.4. The molecule has 0 spiro atoms. The van der Waals surface area contributed by atoms with Crippen molar-refractivity contribution in [1.82, 2.24) is 9.13 Å². The van der Waals surface area contributed by atoms with E-state index in [1.54, 1.807) is 78.9 Å². The van der Waals surface area contributed by atoms with E-state index in [2.05, 4.69) is 27.9 Å². The lowest BCUT2D eigenvalue weighted by atomic mass is 9.95. The SMILES string of the molecule is [C-]#[N+]c1ccc2c(c1)c1cc(C#N)ccc1n2-c1cc([N+]#[C-])c(-c2ccc(C#N)cc2C(F)(F)F)cc1-n1c2ccc(C#N)cc2c2cc(C#N)ccc21. The summed E-state index contributed by atoms with van der Waals surface area (Å²) in [5.41, 5.74) is 2.78. The van der Waals surface area contributed by atoms with Gasteiger partial charge < -0.3 is 9.13 Å². The number of rotatable bonds is 3. The number of halogens is 3. The topological polar surface area (TPSA) is 114 Å². The lowest BCUT2D eigenvalue weighted by Gasteiger charge is -2.21. The largest absolute Gasteiger partial charge is 0.417 e. The number of hydrogen-bond donors (Lipinski definition) is 0. The average Bonchev–Trinajstić information content (AvgIpc) is 3.70. The first-order valence-corrected chi connectivity index (χ1v) is 16.0. The van der Waals surface area contributed by atoms with Crippen LogP contribution in [0.15, 0.2) is 103 Å². The Hall–Kier alpha value is -8.35. The highest BCUT2D eigenvalue weighted by atomic mass is 19.4. The highest BCUT2D eigenvalue weighted by Crippen LogP contribution is 2.46. The summed E-state index contributed by atoms with van der Waals surface area (Å²) in [6.07, 6.45) is -4.87. The Morgan fingerprint density at radius 3 is 1.35 bits per heavy atom. The second kappa shape index (κ2) is 12.2. The summed E-state index contributed by atoms with van der Waals surface area (Å²) in [7, 11) is 0. The van der Waals surface area contributed by atoms with Crippen LogP contribution in [0.5, 0.6) is 0 Å². The van der Waals surface area contributed by atoms with Crippen molar-refractivity contribution in [3.8, 4) is 46.8 Å². The molecule has 0 bridgehead atoms. The summed E-state index contributed by atoms with van der Waals surface area (Å²) in [5.74, 6) is 0. The van der Waals surface area contributed by atoms with Gasteiger partial charge in [-0.3, -0.25) is 0 Å². The van der Waals surface area contributed by atoms with E-state index in [9.17, 15) is 34.2 Å². The van der Waals surface area contributed by atoms with Gasteiger partial charge in [0.15, 0.2) is 11.4 Å². The maximum atomic E-state index is 14.7. The van der Waals surface area contributed by atoms with Crippen molar-refractivity contribution in [2.75, 3.05) is 0 Å². The van der Waals surface area contributed by atoms with Crippen molar-refractivity contribution in [2.45, 2.75) is 6.18 Å². The maximum Gasteiger partial charge on any atom is 0.417 e. The minimum Gasteiger partial charge on any atom is -0.309 e. The first-order chi connectivity index (χ1) is 26.1. The van der Waals surface area contributed by atoms with E-state index in [0.29, 0.717) is 77.4 Å².